The van der Waals surface area contributed by atoms with Crippen molar-refractivity contribution in [3.63, 3.8) is 0 Å². The minimum atomic E-state index is 0.305. The zero-order valence-electron chi connectivity index (χ0n) is 12.6. The third-order valence-electron chi connectivity index (χ3n) is 5.40. The summed E-state index contributed by atoms with van der Waals surface area (Å²) in [6.45, 7) is 3.57. The second kappa shape index (κ2) is 5.69. The number of benzene rings is 1. The zero-order valence-corrected chi connectivity index (χ0v) is 12.6. The molecule has 1 heterocycles. The fraction of sp³-hybridized carbons (Fsp3) is 0.611. The molecule has 1 aromatic rings. The molecule has 1 aliphatic carbocycles. The van der Waals surface area contributed by atoms with Crippen LogP contribution in [0.2, 0.25) is 0 Å². The van der Waals surface area contributed by atoms with E-state index in [2.05, 4.69) is 7.05 Å². The quantitative estimate of drug-likeness (QED) is 0.605. The van der Waals surface area contributed by atoms with Gasteiger partial charge in [0, 0.05) is 11.5 Å². The van der Waals surface area contributed by atoms with E-state index in [0.29, 0.717) is 12.2 Å². The van der Waals surface area contributed by atoms with Crippen molar-refractivity contribution in [2.24, 2.45) is 11.8 Å². The topological polar surface area (TPSA) is 17.1 Å². The van der Waals surface area contributed by atoms with Gasteiger partial charge in [-0.15, -0.1) is 0 Å². The van der Waals surface area contributed by atoms with Gasteiger partial charge in [-0.1, -0.05) is 30.3 Å². The molecule has 1 saturated heterocycles. The summed E-state index contributed by atoms with van der Waals surface area (Å²) in [6, 6.07) is 9.75. The van der Waals surface area contributed by atoms with Gasteiger partial charge in [-0.2, -0.15) is 0 Å². The first-order valence-corrected chi connectivity index (χ1v) is 8.06. The molecule has 108 valence electrons. The van der Waals surface area contributed by atoms with Crippen LogP contribution in [0, 0.1) is 11.8 Å². The summed E-state index contributed by atoms with van der Waals surface area (Å²) >= 11 is 0. The molecule has 0 radical (unpaired) electrons. The molecule has 0 unspecified atom stereocenters. The van der Waals surface area contributed by atoms with E-state index in [4.69, 9.17) is 0 Å². The maximum absolute atomic E-state index is 12.3. The first-order valence-electron chi connectivity index (χ1n) is 8.06. The molecule has 0 aromatic heterocycles. The fourth-order valence-corrected chi connectivity index (χ4v) is 4.16. The molecule has 2 bridgehead atoms. The second-order valence-corrected chi connectivity index (χ2v) is 7.12. The van der Waals surface area contributed by atoms with Gasteiger partial charge >= 0.3 is 0 Å². The van der Waals surface area contributed by atoms with Crippen molar-refractivity contribution in [1.82, 2.24) is 0 Å². The lowest BCUT2D eigenvalue weighted by molar-refractivity contribution is -0.911. The molecule has 3 atom stereocenters. The second-order valence-electron chi connectivity index (χ2n) is 7.12. The number of Topliss-reactive ketones (excluding diaryl/α,β-unsaturated/α-hetero) is 1. The average molecular weight is 272 g/mol. The van der Waals surface area contributed by atoms with E-state index < -0.39 is 0 Å². The summed E-state index contributed by atoms with van der Waals surface area (Å²) in [5.74, 6) is 2.20. The molecule has 0 spiro atoms. The lowest BCUT2D eigenvalue weighted by Crippen LogP contribution is -2.48. The molecule has 1 aromatic carbocycles. The number of hydrogen-bond donors (Lipinski definition) is 0. The predicted octanol–water partition coefficient (Wildman–Crippen LogP) is 3.53. The fourth-order valence-electron chi connectivity index (χ4n) is 4.16. The van der Waals surface area contributed by atoms with E-state index >= 15 is 0 Å². The highest BCUT2D eigenvalue weighted by molar-refractivity contribution is 5.96. The summed E-state index contributed by atoms with van der Waals surface area (Å²) in [4.78, 5) is 12.3. The Kier molecular flexibility index (Phi) is 3.93. The van der Waals surface area contributed by atoms with Gasteiger partial charge in [-0.3, -0.25) is 4.79 Å². The first-order chi connectivity index (χ1) is 9.65. The number of hydrogen-bond acceptors (Lipinski definition) is 1. The molecule has 2 fully saturated rings. The van der Waals surface area contributed by atoms with Crippen LogP contribution in [0.5, 0.6) is 0 Å². The Labute approximate surface area is 122 Å². The van der Waals surface area contributed by atoms with Crippen molar-refractivity contribution in [2.75, 3.05) is 26.7 Å². The number of rotatable bonds is 4. The molecule has 1 saturated carbocycles. The summed E-state index contributed by atoms with van der Waals surface area (Å²) in [7, 11) is 2.36. The Balaban J connectivity index is 1.58. The highest BCUT2D eigenvalue weighted by atomic mass is 16.1. The molecule has 0 amide bonds. The lowest BCUT2D eigenvalue weighted by Gasteiger charge is -2.36. The smallest absolute Gasteiger partial charge is 0.168 e. The third kappa shape index (κ3) is 3.12. The van der Waals surface area contributed by atoms with Crippen LogP contribution >= 0.6 is 0 Å². The van der Waals surface area contributed by atoms with E-state index in [0.717, 1.165) is 28.4 Å². The van der Waals surface area contributed by atoms with Gasteiger partial charge in [0.15, 0.2) is 5.78 Å². The molecule has 1 aliphatic heterocycles. The van der Waals surface area contributed by atoms with Gasteiger partial charge in [0.25, 0.3) is 0 Å². The SMILES string of the molecule is C[N@+]1(CCC(=O)c2ccccc2)CC[C@@H]2CC[C@H](C2)C1. The number of likely N-dealkylation sites (tertiary alicyclic amines) is 1. The van der Waals surface area contributed by atoms with Crippen LogP contribution in [0.4, 0.5) is 0 Å². The van der Waals surface area contributed by atoms with Crippen LogP contribution < -0.4 is 0 Å². The number of nitrogens with zero attached hydrogens (tertiary/aromatic N) is 1. The Morgan fingerprint density at radius 1 is 1.15 bits per heavy atom. The van der Waals surface area contributed by atoms with Gasteiger partial charge in [0.05, 0.1) is 33.1 Å². The largest absolute Gasteiger partial charge is 0.325 e. The highest BCUT2D eigenvalue weighted by Gasteiger charge is 2.37. The number of quaternary nitrogens is 1. The summed E-state index contributed by atoms with van der Waals surface area (Å²) < 4.78 is 1.11. The first kappa shape index (κ1) is 13.8. The minimum Gasteiger partial charge on any atom is -0.325 e. The molecule has 2 aliphatic rings. The van der Waals surface area contributed by atoms with Crippen molar-refractivity contribution in [1.29, 1.82) is 0 Å². The van der Waals surface area contributed by atoms with Gasteiger partial charge < -0.3 is 4.48 Å². The van der Waals surface area contributed by atoms with E-state index in [1.165, 1.54) is 38.8 Å². The number of fused-ring (bicyclic) bond motifs is 2. The summed E-state index contributed by atoms with van der Waals surface area (Å²) in [5.41, 5.74) is 0.871. The Bertz CT molecular complexity index is 470. The Hall–Kier alpha value is -1.15. The Morgan fingerprint density at radius 3 is 2.70 bits per heavy atom. The van der Waals surface area contributed by atoms with Crippen molar-refractivity contribution in [2.45, 2.75) is 32.1 Å². The molecule has 0 N–H and O–H groups in total. The molecule has 2 heteroatoms. The number of ketones is 1. The van der Waals surface area contributed by atoms with Crippen molar-refractivity contribution < 1.29 is 9.28 Å². The highest BCUT2D eigenvalue weighted by Crippen LogP contribution is 2.38. The van der Waals surface area contributed by atoms with Crippen LogP contribution in [0.1, 0.15) is 42.5 Å². The van der Waals surface area contributed by atoms with Crippen LogP contribution in [-0.4, -0.2) is 36.9 Å². The van der Waals surface area contributed by atoms with E-state index in [-0.39, 0.29) is 0 Å². The predicted molar refractivity (Wildman–Crippen MR) is 81.6 cm³/mol. The van der Waals surface area contributed by atoms with Gasteiger partial charge in [-0.25, -0.2) is 0 Å². The minimum absolute atomic E-state index is 0.305. The normalized spacial score (nSPS) is 32.9. The molecular weight excluding hydrogens is 246 g/mol. The molecular formula is C18H26NO+. The monoisotopic (exact) mass is 272 g/mol. The van der Waals surface area contributed by atoms with Crippen LogP contribution in [0.25, 0.3) is 0 Å². The van der Waals surface area contributed by atoms with Gasteiger partial charge in [-0.05, 0) is 31.6 Å². The molecule has 3 rings (SSSR count). The standard InChI is InChI=1S/C18H26NO/c1-19(11-9-15-7-8-16(13-15)14-19)12-10-18(20)17-5-3-2-4-6-17/h2-6,15-16H,7-14H2,1H3/q+1/t15-,16+,19+/m0/s1. The number of carbonyl (C=O) groups is 1. The molecule has 20 heavy (non-hydrogen) atoms. The molecule has 2 nitrogen and oxygen atoms in total. The van der Waals surface area contributed by atoms with Crippen LogP contribution in [0.15, 0.2) is 30.3 Å². The maximum Gasteiger partial charge on any atom is 0.168 e. The average Bonchev–Trinajstić information content (AvgIpc) is 2.83. The van der Waals surface area contributed by atoms with Crippen LogP contribution in [0.3, 0.4) is 0 Å². The summed E-state index contributed by atoms with van der Waals surface area (Å²) in [5, 5.41) is 0. The number of carbonyl (C=O) groups excluding carboxylic acids is 1. The summed E-state index contributed by atoms with van der Waals surface area (Å²) in [6.07, 6.45) is 6.38. The van der Waals surface area contributed by atoms with Crippen molar-refractivity contribution in [3.8, 4) is 0 Å². The Morgan fingerprint density at radius 2 is 1.90 bits per heavy atom. The maximum atomic E-state index is 12.3. The van der Waals surface area contributed by atoms with E-state index in [1.807, 2.05) is 30.3 Å². The van der Waals surface area contributed by atoms with Crippen LogP contribution in [-0.2, 0) is 0 Å². The van der Waals surface area contributed by atoms with E-state index in [9.17, 15) is 4.79 Å². The zero-order chi connectivity index (χ0) is 14.0. The lowest BCUT2D eigenvalue weighted by atomic mass is 10.0. The van der Waals surface area contributed by atoms with E-state index in [1.54, 1.807) is 0 Å². The van der Waals surface area contributed by atoms with Crippen molar-refractivity contribution in [3.05, 3.63) is 35.9 Å². The van der Waals surface area contributed by atoms with Gasteiger partial charge in [0.1, 0.15) is 0 Å². The third-order valence-corrected chi connectivity index (χ3v) is 5.40. The van der Waals surface area contributed by atoms with Gasteiger partial charge in [0.2, 0.25) is 0 Å². The van der Waals surface area contributed by atoms with Crippen molar-refractivity contribution >= 4 is 5.78 Å².